The highest BCUT2D eigenvalue weighted by atomic mass is 16.3. The van der Waals surface area contributed by atoms with Gasteiger partial charge in [0.2, 0.25) is 0 Å². The Morgan fingerprint density at radius 1 is 1.43 bits per heavy atom. The van der Waals surface area contributed by atoms with E-state index in [9.17, 15) is 0 Å². The van der Waals surface area contributed by atoms with E-state index in [0.29, 0.717) is 5.41 Å². The molecule has 0 saturated heterocycles. The van der Waals surface area contributed by atoms with Crippen molar-refractivity contribution in [2.75, 3.05) is 13.6 Å². The molecule has 0 aliphatic heterocycles. The normalized spacial score (nSPS) is 29.1. The summed E-state index contributed by atoms with van der Waals surface area (Å²) in [7, 11) is 2.01. The molecule has 1 aliphatic rings. The number of hydrogen-bond acceptors (Lipinski definition) is 2. The number of hydrogen-bond donors (Lipinski definition) is 1. The number of likely N-dealkylation sites (N-methyl/N-ethyl adjacent to an activating group) is 1. The van der Waals surface area contributed by atoms with E-state index in [0.717, 1.165) is 18.1 Å². The van der Waals surface area contributed by atoms with E-state index >= 15 is 0 Å². The van der Waals surface area contributed by atoms with Gasteiger partial charge < -0.3 is 9.73 Å². The van der Waals surface area contributed by atoms with E-state index < -0.39 is 0 Å². The summed E-state index contributed by atoms with van der Waals surface area (Å²) in [4.78, 5) is 0. The standard InChI is InChI=1S/C12H19NO/c1-9-5-6-10(14-9)12(8-13-4)7-11(12,2)3/h5-6,13H,7-8H2,1-4H3. The van der Waals surface area contributed by atoms with Crippen LogP contribution in [0.5, 0.6) is 0 Å². The van der Waals surface area contributed by atoms with Gasteiger partial charge in [-0.3, -0.25) is 0 Å². The molecule has 0 spiro atoms. The van der Waals surface area contributed by atoms with Crippen LogP contribution in [0.2, 0.25) is 0 Å². The van der Waals surface area contributed by atoms with Gasteiger partial charge >= 0.3 is 0 Å². The van der Waals surface area contributed by atoms with Gasteiger partial charge in [-0.05, 0) is 37.9 Å². The second-order valence-corrected chi connectivity index (χ2v) is 5.08. The Labute approximate surface area is 85.7 Å². The average Bonchev–Trinajstić information content (AvgIpc) is 2.46. The third-order valence-electron chi connectivity index (χ3n) is 3.60. The van der Waals surface area contributed by atoms with E-state index in [1.54, 1.807) is 0 Å². The molecule has 2 heteroatoms. The first-order valence-corrected chi connectivity index (χ1v) is 5.23. The predicted octanol–water partition coefficient (Wildman–Crippen LogP) is 2.48. The summed E-state index contributed by atoms with van der Waals surface area (Å²) in [5, 5.41) is 3.27. The summed E-state index contributed by atoms with van der Waals surface area (Å²) in [5.41, 5.74) is 0.607. The Morgan fingerprint density at radius 2 is 2.07 bits per heavy atom. The van der Waals surface area contributed by atoms with Gasteiger partial charge in [0.05, 0.1) is 0 Å². The first-order chi connectivity index (χ1) is 6.52. The van der Waals surface area contributed by atoms with Crippen molar-refractivity contribution in [3.8, 4) is 0 Å². The molecule has 1 aliphatic carbocycles. The molecule has 0 bridgehead atoms. The summed E-state index contributed by atoms with van der Waals surface area (Å²) in [6, 6.07) is 4.18. The van der Waals surface area contributed by atoms with Crippen molar-refractivity contribution in [2.24, 2.45) is 5.41 Å². The van der Waals surface area contributed by atoms with E-state index in [1.807, 2.05) is 14.0 Å². The predicted molar refractivity (Wildman–Crippen MR) is 57.4 cm³/mol. The first-order valence-electron chi connectivity index (χ1n) is 5.23. The molecule has 0 aromatic carbocycles. The molecule has 2 nitrogen and oxygen atoms in total. The van der Waals surface area contributed by atoms with Gasteiger partial charge in [0.15, 0.2) is 0 Å². The lowest BCUT2D eigenvalue weighted by Gasteiger charge is -2.17. The zero-order valence-corrected chi connectivity index (χ0v) is 9.48. The van der Waals surface area contributed by atoms with Crippen LogP contribution in [0.25, 0.3) is 0 Å². The summed E-state index contributed by atoms with van der Waals surface area (Å²) in [5.74, 6) is 2.16. The van der Waals surface area contributed by atoms with Crippen LogP contribution in [0.3, 0.4) is 0 Å². The van der Waals surface area contributed by atoms with Crippen molar-refractivity contribution in [2.45, 2.75) is 32.6 Å². The fraction of sp³-hybridized carbons (Fsp3) is 0.667. The van der Waals surface area contributed by atoms with Crippen LogP contribution in [0.15, 0.2) is 16.5 Å². The van der Waals surface area contributed by atoms with Gasteiger partial charge in [-0.1, -0.05) is 13.8 Å². The van der Waals surface area contributed by atoms with Crippen LogP contribution in [-0.4, -0.2) is 13.6 Å². The molecule has 14 heavy (non-hydrogen) atoms. The van der Waals surface area contributed by atoms with Gasteiger partial charge in [0.25, 0.3) is 0 Å². The number of rotatable bonds is 3. The topological polar surface area (TPSA) is 25.2 Å². The summed E-state index contributed by atoms with van der Waals surface area (Å²) < 4.78 is 5.76. The molecule has 78 valence electrons. The van der Waals surface area contributed by atoms with Crippen molar-refractivity contribution in [1.82, 2.24) is 5.32 Å². The third kappa shape index (κ3) is 1.21. The monoisotopic (exact) mass is 193 g/mol. The molecule has 1 aromatic heterocycles. The Morgan fingerprint density at radius 3 is 2.43 bits per heavy atom. The molecule has 1 aromatic rings. The molecule has 1 unspecified atom stereocenters. The minimum absolute atomic E-state index is 0.232. The first kappa shape index (κ1) is 9.78. The molecule has 1 N–H and O–H groups in total. The second kappa shape index (κ2) is 2.86. The van der Waals surface area contributed by atoms with Crippen molar-refractivity contribution in [3.63, 3.8) is 0 Å². The van der Waals surface area contributed by atoms with Crippen LogP contribution >= 0.6 is 0 Å². The highest BCUT2D eigenvalue weighted by Crippen LogP contribution is 2.64. The zero-order chi connectivity index (χ0) is 10.4. The van der Waals surface area contributed by atoms with E-state index in [1.165, 1.54) is 6.42 Å². The molecule has 1 atom stereocenters. The van der Waals surface area contributed by atoms with E-state index in [4.69, 9.17) is 4.42 Å². The minimum atomic E-state index is 0.232. The van der Waals surface area contributed by atoms with Gasteiger partial charge in [0.1, 0.15) is 11.5 Å². The van der Waals surface area contributed by atoms with Crippen molar-refractivity contribution < 1.29 is 4.42 Å². The lowest BCUT2D eigenvalue weighted by atomic mass is 9.93. The number of furan rings is 1. The molecular weight excluding hydrogens is 174 g/mol. The quantitative estimate of drug-likeness (QED) is 0.797. The Hall–Kier alpha value is -0.760. The van der Waals surface area contributed by atoms with E-state index in [2.05, 4.69) is 31.3 Å². The van der Waals surface area contributed by atoms with Gasteiger partial charge in [-0.15, -0.1) is 0 Å². The molecule has 2 rings (SSSR count). The van der Waals surface area contributed by atoms with Crippen LogP contribution in [0.1, 0.15) is 31.8 Å². The third-order valence-corrected chi connectivity index (χ3v) is 3.60. The van der Waals surface area contributed by atoms with Crippen molar-refractivity contribution in [3.05, 3.63) is 23.7 Å². The molecule has 0 radical (unpaired) electrons. The lowest BCUT2D eigenvalue weighted by Crippen LogP contribution is -2.27. The smallest absolute Gasteiger partial charge is 0.112 e. The molecule has 1 fully saturated rings. The number of nitrogens with one attached hydrogen (secondary N) is 1. The van der Waals surface area contributed by atoms with Crippen molar-refractivity contribution in [1.29, 1.82) is 0 Å². The fourth-order valence-corrected chi connectivity index (χ4v) is 2.51. The van der Waals surface area contributed by atoms with Gasteiger partial charge in [-0.25, -0.2) is 0 Å². The van der Waals surface area contributed by atoms with E-state index in [-0.39, 0.29) is 5.41 Å². The minimum Gasteiger partial charge on any atom is -0.466 e. The molecule has 1 heterocycles. The lowest BCUT2D eigenvalue weighted by molar-refractivity contribution is 0.374. The maximum Gasteiger partial charge on any atom is 0.112 e. The highest BCUT2D eigenvalue weighted by molar-refractivity contribution is 5.32. The Bertz CT molecular complexity index is 340. The molecular formula is C12H19NO. The average molecular weight is 193 g/mol. The SMILES string of the molecule is CNCC1(c2ccc(C)o2)CC1(C)C. The van der Waals surface area contributed by atoms with Gasteiger partial charge in [0, 0.05) is 12.0 Å². The largest absolute Gasteiger partial charge is 0.466 e. The van der Waals surface area contributed by atoms with Gasteiger partial charge in [-0.2, -0.15) is 0 Å². The maximum absolute atomic E-state index is 5.76. The summed E-state index contributed by atoms with van der Waals surface area (Å²) in [6.07, 6.45) is 1.22. The van der Waals surface area contributed by atoms with Crippen LogP contribution < -0.4 is 5.32 Å². The maximum atomic E-state index is 5.76. The van der Waals surface area contributed by atoms with Crippen LogP contribution in [0.4, 0.5) is 0 Å². The molecule has 1 saturated carbocycles. The fourth-order valence-electron chi connectivity index (χ4n) is 2.51. The van der Waals surface area contributed by atoms with Crippen LogP contribution in [0, 0.1) is 12.3 Å². The second-order valence-electron chi connectivity index (χ2n) is 5.08. The van der Waals surface area contributed by atoms with Crippen LogP contribution in [-0.2, 0) is 5.41 Å². The summed E-state index contributed by atoms with van der Waals surface area (Å²) >= 11 is 0. The Balaban J connectivity index is 2.30. The molecule has 0 amide bonds. The zero-order valence-electron chi connectivity index (χ0n) is 9.48. The Kier molecular flexibility index (Phi) is 2.00. The van der Waals surface area contributed by atoms with Crippen molar-refractivity contribution >= 4 is 0 Å². The number of aryl methyl sites for hydroxylation is 1. The highest BCUT2D eigenvalue weighted by Gasteiger charge is 2.63. The summed E-state index contributed by atoms with van der Waals surface area (Å²) in [6.45, 7) is 7.63.